The number of carbonyl (C=O) groups is 1. The first-order valence-corrected chi connectivity index (χ1v) is 7.23. The van der Waals surface area contributed by atoms with Crippen LogP contribution in [0.2, 0.25) is 0 Å². The average Bonchev–Trinajstić information content (AvgIpc) is 2.85. The van der Waals surface area contributed by atoms with Crippen molar-refractivity contribution < 1.29 is 13.6 Å². The summed E-state index contributed by atoms with van der Waals surface area (Å²) in [6.07, 6.45) is 0. The highest BCUT2D eigenvalue weighted by Crippen LogP contribution is 2.16. The largest absolute Gasteiger partial charge is 0.333 e. The van der Waals surface area contributed by atoms with Gasteiger partial charge in [0.25, 0.3) is 0 Å². The van der Waals surface area contributed by atoms with Gasteiger partial charge in [-0.05, 0) is 31.5 Å². The Balaban J connectivity index is 1.89. The molecular weight excluding hydrogens is 296 g/mol. The number of nitrogens with one attached hydrogen (secondary N) is 2. The fraction of sp³-hybridized carbons (Fsp3) is 0.286. The molecule has 112 valence electrons. The lowest BCUT2D eigenvalue weighted by Gasteiger charge is -2.15. The summed E-state index contributed by atoms with van der Waals surface area (Å²) in [4.78, 5) is 16.8. The molecule has 0 aliphatic rings. The fourth-order valence-electron chi connectivity index (χ4n) is 1.77. The minimum absolute atomic E-state index is 0.375. The summed E-state index contributed by atoms with van der Waals surface area (Å²) in [5.41, 5.74) is 3.10. The van der Waals surface area contributed by atoms with E-state index < -0.39 is 17.7 Å². The lowest BCUT2D eigenvalue weighted by Crippen LogP contribution is -2.36. The molecule has 2 amide bonds. The van der Waals surface area contributed by atoms with E-state index >= 15 is 0 Å². The molecule has 1 aromatic carbocycles. The van der Waals surface area contributed by atoms with E-state index in [1.165, 1.54) is 17.4 Å². The summed E-state index contributed by atoms with van der Waals surface area (Å²) < 4.78 is 26.0. The summed E-state index contributed by atoms with van der Waals surface area (Å²) in [5, 5.41) is 5.37. The number of nitrogens with zero attached hydrogens (tertiary/aromatic N) is 1. The van der Waals surface area contributed by atoms with Gasteiger partial charge in [-0.1, -0.05) is 6.07 Å². The lowest BCUT2D eigenvalue weighted by atomic mass is 10.1. The van der Waals surface area contributed by atoms with Gasteiger partial charge in [0.05, 0.1) is 23.8 Å². The predicted octanol–water partition coefficient (Wildman–Crippen LogP) is 3.29. The third-order valence-corrected chi connectivity index (χ3v) is 3.98. The summed E-state index contributed by atoms with van der Waals surface area (Å²) in [6.45, 7) is 3.95. The van der Waals surface area contributed by atoms with Crippen molar-refractivity contribution >= 4 is 17.4 Å². The third kappa shape index (κ3) is 3.98. The quantitative estimate of drug-likeness (QED) is 0.910. The van der Waals surface area contributed by atoms with Gasteiger partial charge >= 0.3 is 6.03 Å². The summed E-state index contributed by atoms with van der Waals surface area (Å²) in [7, 11) is 0. The van der Waals surface area contributed by atoms with Gasteiger partial charge in [0.2, 0.25) is 0 Å². The number of rotatable bonds is 4. The zero-order valence-corrected chi connectivity index (χ0v) is 12.4. The first-order chi connectivity index (χ1) is 9.97. The second-order valence-corrected chi connectivity index (χ2v) is 5.52. The van der Waals surface area contributed by atoms with Gasteiger partial charge in [-0.25, -0.2) is 18.6 Å². The number of aromatic nitrogens is 1. The van der Waals surface area contributed by atoms with Crippen LogP contribution in [0.15, 0.2) is 23.7 Å². The van der Waals surface area contributed by atoms with E-state index in [0.717, 1.165) is 22.7 Å². The summed E-state index contributed by atoms with van der Waals surface area (Å²) in [6, 6.07) is 2.76. The Kier molecular flexibility index (Phi) is 4.85. The first kappa shape index (κ1) is 15.4. The van der Waals surface area contributed by atoms with Crippen molar-refractivity contribution in [2.75, 3.05) is 0 Å². The molecule has 0 aliphatic carbocycles. The molecule has 0 fully saturated rings. The van der Waals surface area contributed by atoms with Crippen LogP contribution in [0, 0.1) is 18.6 Å². The molecule has 1 aromatic heterocycles. The maximum atomic E-state index is 13.1. The summed E-state index contributed by atoms with van der Waals surface area (Å²) in [5.74, 6) is -1.84. The number of aryl methyl sites for hydroxylation is 1. The molecule has 0 saturated carbocycles. The van der Waals surface area contributed by atoms with Crippen LogP contribution in [-0.4, -0.2) is 11.0 Å². The molecule has 0 spiro atoms. The van der Waals surface area contributed by atoms with E-state index in [4.69, 9.17) is 0 Å². The molecule has 0 bridgehead atoms. The SMILES string of the molecule is Cc1ncsc1CNC(=O)NC(C)c1ccc(F)c(F)c1. The van der Waals surface area contributed by atoms with Crippen LogP contribution >= 0.6 is 11.3 Å². The Morgan fingerprint density at radius 1 is 1.38 bits per heavy atom. The molecule has 7 heteroatoms. The molecule has 1 heterocycles. The number of thiazole rings is 1. The molecule has 2 N–H and O–H groups in total. The van der Waals surface area contributed by atoms with Gasteiger partial charge in [-0.3, -0.25) is 0 Å². The van der Waals surface area contributed by atoms with E-state index in [1.54, 1.807) is 12.4 Å². The average molecular weight is 311 g/mol. The van der Waals surface area contributed by atoms with Crippen LogP contribution in [0.4, 0.5) is 13.6 Å². The van der Waals surface area contributed by atoms with Crippen molar-refractivity contribution in [3.05, 3.63) is 51.5 Å². The second kappa shape index (κ2) is 6.62. The van der Waals surface area contributed by atoms with Crippen LogP contribution in [0.3, 0.4) is 0 Å². The zero-order chi connectivity index (χ0) is 15.4. The van der Waals surface area contributed by atoms with Gasteiger partial charge < -0.3 is 10.6 Å². The van der Waals surface area contributed by atoms with Gasteiger partial charge in [-0.15, -0.1) is 11.3 Å². The Bertz CT molecular complexity index is 645. The topological polar surface area (TPSA) is 54.0 Å². The van der Waals surface area contributed by atoms with Gasteiger partial charge in [0.15, 0.2) is 11.6 Å². The number of urea groups is 1. The summed E-state index contributed by atoms with van der Waals surface area (Å²) >= 11 is 1.47. The van der Waals surface area contributed by atoms with Gasteiger partial charge in [-0.2, -0.15) is 0 Å². The van der Waals surface area contributed by atoms with Crippen molar-refractivity contribution in [3.8, 4) is 0 Å². The van der Waals surface area contributed by atoms with Gasteiger partial charge in [0, 0.05) is 4.88 Å². The molecule has 2 rings (SSSR count). The molecule has 2 aromatic rings. The number of carbonyl (C=O) groups excluding carboxylic acids is 1. The smallest absolute Gasteiger partial charge is 0.315 e. The second-order valence-electron chi connectivity index (χ2n) is 4.58. The molecule has 1 unspecified atom stereocenters. The highest BCUT2D eigenvalue weighted by atomic mass is 32.1. The molecule has 4 nitrogen and oxygen atoms in total. The molecule has 21 heavy (non-hydrogen) atoms. The third-order valence-electron chi connectivity index (χ3n) is 3.05. The number of hydrogen-bond acceptors (Lipinski definition) is 3. The van der Waals surface area contributed by atoms with E-state index in [0.29, 0.717) is 12.1 Å². The minimum atomic E-state index is -0.929. The maximum absolute atomic E-state index is 13.1. The normalized spacial score (nSPS) is 12.0. The molecule has 0 aliphatic heterocycles. The van der Waals surface area contributed by atoms with Crippen molar-refractivity contribution in [1.29, 1.82) is 0 Å². The van der Waals surface area contributed by atoms with Crippen molar-refractivity contribution in [1.82, 2.24) is 15.6 Å². The highest BCUT2D eigenvalue weighted by Gasteiger charge is 2.12. The van der Waals surface area contributed by atoms with Crippen LogP contribution < -0.4 is 10.6 Å². The van der Waals surface area contributed by atoms with E-state index in [-0.39, 0.29) is 6.03 Å². The molecule has 1 atom stereocenters. The zero-order valence-electron chi connectivity index (χ0n) is 11.6. The van der Waals surface area contributed by atoms with Gasteiger partial charge in [0.1, 0.15) is 0 Å². The van der Waals surface area contributed by atoms with E-state index in [9.17, 15) is 13.6 Å². The highest BCUT2D eigenvalue weighted by molar-refractivity contribution is 7.09. The van der Waals surface area contributed by atoms with Crippen LogP contribution in [-0.2, 0) is 6.54 Å². The van der Waals surface area contributed by atoms with Crippen LogP contribution in [0.1, 0.15) is 29.1 Å². The Morgan fingerprint density at radius 2 is 2.14 bits per heavy atom. The molecule has 0 saturated heterocycles. The van der Waals surface area contributed by atoms with Crippen molar-refractivity contribution in [3.63, 3.8) is 0 Å². The van der Waals surface area contributed by atoms with Crippen molar-refractivity contribution in [2.45, 2.75) is 26.4 Å². The maximum Gasteiger partial charge on any atom is 0.315 e. The number of halogens is 2. The monoisotopic (exact) mass is 311 g/mol. The lowest BCUT2D eigenvalue weighted by molar-refractivity contribution is 0.237. The standard InChI is InChI=1S/C14H15F2N3OS/c1-8(10-3-4-11(15)12(16)5-10)19-14(20)17-6-13-9(2)18-7-21-13/h3-5,7-8H,6H2,1-2H3,(H2,17,19,20). The Labute approximate surface area is 125 Å². The number of benzene rings is 1. The fourth-order valence-corrected chi connectivity index (χ4v) is 2.49. The molecular formula is C14H15F2N3OS. The Hall–Kier alpha value is -2.02. The minimum Gasteiger partial charge on any atom is -0.333 e. The number of amides is 2. The predicted molar refractivity (Wildman–Crippen MR) is 77.0 cm³/mol. The Morgan fingerprint density at radius 3 is 2.76 bits per heavy atom. The number of hydrogen-bond donors (Lipinski definition) is 2. The molecule has 0 radical (unpaired) electrons. The van der Waals surface area contributed by atoms with E-state index in [1.807, 2.05) is 6.92 Å². The van der Waals surface area contributed by atoms with Crippen LogP contribution in [0.25, 0.3) is 0 Å². The first-order valence-electron chi connectivity index (χ1n) is 6.35. The van der Waals surface area contributed by atoms with Crippen LogP contribution in [0.5, 0.6) is 0 Å². The van der Waals surface area contributed by atoms with E-state index in [2.05, 4.69) is 15.6 Å². The van der Waals surface area contributed by atoms with Crippen molar-refractivity contribution in [2.24, 2.45) is 0 Å².